The Morgan fingerprint density at radius 1 is 0.971 bits per heavy atom. The molecule has 35 heavy (non-hydrogen) atoms. The van der Waals surface area contributed by atoms with E-state index in [1.54, 1.807) is 4.90 Å². The highest BCUT2D eigenvalue weighted by molar-refractivity contribution is 9.10. The van der Waals surface area contributed by atoms with Crippen molar-refractivity contribution in [2.45, 2.75) is 84.4 Å². The van der Waals surface area contributed by atoms with E-state index in [-0.39, 0.29) is 18.0 Å². The van der Waals surface area contributed by atoms with E-state index in [1.807, 2.05) is 49.9 Å². The second kappa shape index (κ2) is 12.6. The molecular weight excluding hydrogens is 504 g/mol. The van der Waals surface area contributed by atoms with Crippen LogP contribution in [0, 0.1) is 0 Å². The zero-order valence-electron chi connectivity index (χ0n) is 21.6. The third kappa shape index (κ3) is 8.38. The van der Waals surface area contributed by atoms with E-state index < -0.39 is 5.60 Å². The molecule has 0 aliphatic carbocycles. The van der Waals surface area contributed by atoms with Crippen molar-refractivity contribution in [1.82, 2.24) is 9.80 Å². The number of carbonyl (C=O) groups excluding carboxylic acids is 2. The van der Waals surface area contributed by atoms with Crippen LogP contribution in [0.3, 0.4) is 0 Å². The van der Waals surface area contributed by atoms with Gasteiger partial charge in [0.1, 0.15) is 5.60 Å². The lowest BCUT2D eigenvalue weighted by Crippen LogP contribution is -2.49. The monoisotopic (exact) mass is 542 g/mol. The van der Waals surface area contributed by atoms with Crippen LogP contribution < -0.4 is 0 Å². The number of benzene rings is 2. The number of hydrogen-bond donors (Lipinski definition) is 0. The van der Waals surface area contributed by atoms with Gasteiger partial charge in [-0.05, 0) is 81.8 Å². The smallest absolute Gasteiger partial charge is 0.410 e. The third-order valence-electron chi connectivity index (χ3n) is 6.35. The number of hydrogen-bond acceptors (Lipinski definition) is 3. The zero-order chi connectivity index (χ0) is 25.4. The Hall–Kier alpha value is -2.34. The van der Waals surface area contributed by atoms with Gasteiger partial charge in [0.05, 0.1) is 0 Å². The average molecular weight is 544 g/mol. The summed E-state index contributed by atoms with van der Waals surface area (Å²) in [5.41, 5.74) is 2.57. The first-order valence-electron chi connectivity index (χ1n) is 12.8. The summed E-state index contributed by atoms with van der Waals surface area (Å²) in [6.07, 6.45) is 5.84. The van der Waals surface area contributed by atoms with E-state index in [9.17, 15) is 9.59 Å². The summed E-state index contributed by atoms with van der Waals surface area (Å²) in [6.45, 7) is 9.56. The van der Waals surface area contributed by atoms with Crippen molar-refractivity contribution in [3.05, 3.63) is 69.7 Å². The fourth-order valence-electron chi connectivity index (χ4n) is 4.40. The second-order valence-electron chi connectivity index (χ2n) is 10.4. The Kier molecular flexibility index (Phi) is 9.79. The lowest BCUT2D eigenvalue weighted by molar-refractivity contribution is 0.0142. The van der Waals surface area contributed by atoms with Crippen LogP contribution in [-0.2, 0) is 17.7 Å². The molecule has 0 N–H and O–H groups in total. The quantitative estimate of drug-likeness (QED) is 0.330. The van der Waals surface area contributed by atoms with Crippen LogP contribution in [0.15, 0.2) is 53.0 Å². The van der Waals surface area contributed by atoms with E-state index >= 15 is 0 Å². The van der Waals surface area contributed by atoms with Crippen LogP contribution in [-0.4, -0.2) is 46.5 Å². The lowest BCUT2D eigenvalue weighted by atomic mass is 10.00. The van der Waals surface area contributed by atoms with Crippen molar-refractivity contribution in [2.75, 3.05) is 13.1 Å². The van der Waals surface area contributed by atoms with Crippen molar-refractivity contribution in [2.24, 2.45) is 0 Å². The number of aryl methyl sites for hydroxylation is 1. The average Bonchev–Trinajstić information content (AvgIpc) is 2.83. The van der Waals surface area contributed by atoms with Gasteiger partial charge in [-0.15, -0.1) is 0 Å². The standard InChI is InChI=1S/C29H39BrN2O3/c1-5-6-7-8-22-9-13-24(14-10-22)27(33)32(21-23-11-15-25(30)16-12-23)26-17-19-31(20-18-26)28(34)35-29(2,3)4/h9-16,26H,5-8,17-21H2,1-4H3. The maximum Gasteiger partial charge on any atom is 0.410 e. The summed E-state index contributed by atoms with van der Waals surface area (Å²) in [5.74, 6) is 0.0451. The first-order valence-corrected chi connectivity index (χ1v) is 13.6. The molecule has 1 heterocycles. The summed E-state index contributed by atoms with van der Waals surface area (Å²) >= 11 is 3.49. The molecule has 5 nitrogen and oxygen atoms in total. The molecule has 2 aromatic rings. The number of ether oxygens (including phenoxy) is 1. The molecule has 0 aromatic heterocycles. The molecule has 1 aliphatic heterocycles. The molecule has 0 unspecified atom stereocenters. The number of unbranched alkanes of at least 4 members (excludes halogenated alkanes) is 2. The molecule has 3 rings (SSSR count). The Balaban J connectivity index is 1.72. The van der Waals surface area contributed by atoms with Crippen LogP contribution >= 0.6 is 15.9 Å². The van der Waals surface area contributed by atoms with Gasteiger partial charge in [0, 0.05) is 35.7 Å². The highest BCUT2D eigenvalue weighted by atomic mass is 79.9. The number of carbonyl (C=O) groups is 2. The minimum Gasteiger partial charge on any atom is -0.444 e. The van der Waals surface area contributed by atoms with E-state index in [1.165, 1.54) is 24.8 Å². The summed E-state index contributed by atoms with van der Waals surface area (Å²) < 4.78 is 6.56. The van der Waals surface area contributed by atoms with Gasteiger partial charge in [0.2, 0.25) is 0 Å². The van der Waals surface area contributed by atoms with Crippen molar-refractivity contribution in [3.63, 3.8) is 0 Å². The molecule has 6 heteroatoms. The highest BCUT2D eigenvalue weighted by Crippen LogP contribution is 2.24. The first-order chi connectivity index (χ1) is 16.7. The Bertz CT molecular complexity index is 959. The lowest BCUT2D eigenvalue weighted by Gasteiger charge is -2.39. The minimum atomic E-state index is -0.514. The number of amides is 2. The van der Waals surface area contributed by atoms with Gasteiger partial charge in [-0.3, -0.25) is 4.79 Å². The second-order valence-corrected chi connectivity index (χ2v) is 11.3. The SMILES string of the molecule is CCCCCc1ccc(C(=O)N(Cc2ccc(Br)cc2)C2CCN(C(=O)OC(C)(C)C)CC2)cc1. The first kappa shape index (κ1) is 27.3. The van der Waals surface area contributed by atoms with E-state index in [0.29, 0.717) is 19.6 Å². The topological polar surface area (TPSA) is 49.9 Å². The van der Waals surface area contributed by atoms with Crippen molar-refractivity contribution in [3.8, 4) is 0 Å². The van der Waals surface area contributed by atoms with Gasteiger partial charge in [-0.2, -0.15) is 0 Å². The number of likely N-dealkylation sites (tertiary alicyclic amines) is 1. The van der Waals surface area contributed by atoms with Crippen LogP contribution in [0.5, 0.6) is 0 Å². The molecule has 1 aliphatic rings. The summed E-state index contributed by atoms with van der Waals surface area (Å²) in [6, 6.07) is 16.3. The van der Waals surface area contributed by atoms with Crippen LogP contribution in [0.1, 0.15) is 81.3 Å². The van der Waals surface area contributed by atoms with Gasteiger partial charge in [-0.25, -0.2) is 4.79 Å². The van der Waals surface area contributed by atoms with Gasteiger partial charge in [-0.1, -0.05) is 60.0 Å². The van der Waals surface area contributed by atoms with Gasteiger partial charge >= 0.3 is 6.09 Å². The van der Waals surface area contributed by atoms with Crippen LogP contribution in [0.4, 0.5) is 4.79 Å². The molecule has 1 saturated heterocycles. The van der Waals surface area contributed by atoms with Crippen molar-refractivity contribution in [1.29, 1.82) is 0 Å². The summed E-state index contributed by atoms with van der Waals surface area (Å²) in [5, 5.41) is 0. The third-order valence-corrected chi connectivity index (χ3v) is 6.88. The molecule has 190 valence electrons. The predicted molar refractivity (Wildman–Crippen MR) is 145 cm³/mol. The molecule has 0 radical (unpaired) electrons. The van der Waals surface area contributed by atoms with E-state index in [2.05, 4.69) is 47.1 Å². The highest BCUT2D eigenvalue weighted by Gasteiger charge is 2.32. The minimum absolute atomic E-state index is 0.0451. The molecule has 0 bridgehead atoms. The number of halogens is 1. The van der Waals surface area contributed by atoms with Gasteiger partial charge in [0.25, 0.3) is 5.91 Å². The number of piperidine rings is 1. The van der Waals surface area contributed by atoms with Crippen molar-refractivity contribution < 1.29 is 14.3 Å². The Labute approximate surface area is 219 Å². The van der Waals surface area contributed by atoms with Crippen molar-refractivity contribution >= 4 is 27.9 Å². The number of rotatable bonds is 8. The predicted octanol–water partition coefficient (Wildman–Crippen LogP) is 7.22. The fourth-order valence-corrected chi connectivity index (χ4v) is 4.66. The molecule has 2 amide bonds. The van der Waals surface area contributed by atoms with E-state index in [4.69, 9.17) is 4.74 Å². The normalized spacial score (nSPS) is 14.6. The van der Waals surface area contributed by atoms with E-state index in [0.717, 1.165) is 34.9 Å². The van der Waals surface area contributed by atoms with Crippen LogP contribution in [0.25, 0.3) is 0 Å². The Morgan fingerprint density at radius 2 is 1.57 bits per heavy atom. The largest absolute Gasteiger partial charge is 0.444 e. The summed E-state index contributed by atoms with van der Waals surface area (Å²) in [4.78, 5) is 30.0. The molecule has 2 aromatic carbocycles. The molecule has 1 fully saturated rings. The Morgan fingerprint density at radius 3 is 2.14 bits per heavy atom. The zero-order valence-corrected chi connectivity index (χ0v) is 23.1. The fraction of sp³-hybridized carbons (Fsp3) is 0.517. The summed E-state index contributed by atoms with van der Waals surface area (Å²) in [7, 11) is 0. The maximum absolute atomic E-state index is 13.7. The molecule has 0 saturated carbocycles. The van der Waals surface area contributed by atoms with Gasteiger partial charge < -0.3 is 14.5 Å². The molecule has 0 atom stereocenters. The van der Waals surface area contributed by atoms with Gasteiger partial charge in [0.15, 0.2) is 0 Å². The maximum atomic E-state index is 13.7. The number of nitrogens with zero attached hydrogens (tertiary/aromatic N) is 2. The molecular formula is C29H39BrN2O3. The van der Waals surface area contributed by atoms with Crippen LogP contribution in [0.2, 0.25) is 0 Å². The molecule has 0 spiro atoms.